The summed E-state index contributed by atoms with van der Waals surface area (Å²) in [5.41, 5.74) is 1.81. The zero-order valence-corrected chi connectivity index (χ0v) is 14.7. The van der Waals surface area contributed by atoms with Gasteiger partial charge in [0.15, 0.2) is 6.10 Å². The number of hydrogen-bond donors (Lipinski definition) is 0. The van der Waals surface area contributed by atoms with Crippen molar-refractivity contribution in [3.05, 3.63) is 78.9 Å². The average Bonchev–Trinajstić information content (AvgIpc) is 3.07. The van der Waals surface area contributed by atoms with Crippen LogP contribution in [-0.2, 0) is 4.79 Å². The molecule has 0 radical (unpaired) electrons. The molecule has 1 amide bonds. The number of hydrogen-bond acceptors (Lipinski definition) is 3. The number of benzene rings is 3. The van der Waals surface area contributed by atoms with Crippen LogP contribution in [0, 0.1) is 0 Å². The van der Waals surface area contributed by atoms with Crippen LogP contribution in [0.1, 0.15) is 6.42 Å². The van der Waals surface area contributed by atoms with Crippen molar-refractivity contribution in [1.29, 1.82) is 0 Å². The molecule has 1 saturated heterocycles. The van der Waals surface area contributed by atoms with E-state index in [1.165, 1.54) is 0 Å². The van der Waals surface area contributed by atoms with Crippen LogP contribution in [0.25, 0.3) is 21.7 Å². The minimum Gasteiger partial charge on any atom is -0.464 e. The van der Waals surface area contributed by atoms with Crippen molar-refractivity contribution in [2.75, 3.05) is 11.4 Å². The lowest BCUT2D eigenvalue weighted by Gasteiger charge is -2.19. The van der Waals surface area contributed by atoms with Crippen molar-refractivity contribution in [3.63, 3.8) is 0 Å². The molecular formula is C23H18N2O2. The minimum atomic E-state index is -0.502. The summed E-state index contributed by atoms with van der Waals surface area (Å²) in [6.07, 6.45) is 0.147. The molecule has 0 bridgehead atoms. The van der Waals surface area contributed by atoms with E-state index in [0.717, 1.165) is 27.4 Å². The zero-order valence-electron chi connectivity index (χ0n) is 14.7. The van der Waals surface area contributed by atoms with Gasteiger partial charge in [-0.25, -0.2) is 4.98 Å². The summed E-state index contributed by atoms with van der Waals surface area (Å²) in [4.78, 5) is 19.3. The Bertz CT molecular complexity index is 1150. The maximum Gasteiger partial charge on any atom is 0.268 e. The van der Waals surface area contributed by atoms with E-state index in [9.17, 15) is 4.79 Å². The van der Waals surface area contributed by atoms with Crippen LogP contribution in [0.5, 0.6) is 5.88 Å². The third-order valence-corrected chi connectivity index (χ3v) is 5.05. The Morgan fingerprint density at radius 2 is 1.63 bits per heavy atom. The number of ether oxygens (including phenoxy) is 1. The Labute approximate surface area is 157 Å². The standard InChI is InChI=1S/C23H18N2O2/c26-23-21(27-22-13-12-17-7-2-4-10-19(17)24-22)14-15-25(23)20-11-5-8-16-6-1-3-9-18(16)20/h1-13,21H,14-15H2. The van der Waals surface area contributed by atoms with E-state index in [1.807, 2.05) is 65.6 Å². The number of para-hydroxylation sites is 1. The van der Waals surface area contributed by atoms with Gasteiger partial charge in [0.1, 0.15) is 0 Å². The van der Waals surface area contributed by atoms with E-state index < -0.39 is 6.10 Å². The predicted molar refractivity (Wildman–Crippen MR) is 107 cm³/mol. The number of carbonyl (C=O) groups is 1. The Morgan fingerprint density at radius 1 is 0.852 bits per heavy atom. The van der Waals surface area contributed by atoms with E-state index in [-0.39, 0.29) is 5.91 Å². The Hall–Kier alpha value is -3.40. The maximum absolute atomic E-state index is 13.0. The molecule has 5 rings (SSSR count). The molecule has 27 heavy (non-hydrogen) atoms. The second-order valence-corrected chi connectivity index (χ2v) is 6.73. The van der Waals surface area contributed by atoms with Crippen LogP contribution < -0.4 is 9.64 Å². The topological polar surface area (TPSA) is 42.4 Å². The first kappa shape index (κ1) is 15.8. The van der Waals surface area contributed by atoms with E-state index >= 15 is 0 Å². The van der Waals surface area contributed by atoms with E-state index in [2.05, 4.69) is 23.2 Å². The number of anilines is 1. The zero-order chi connectivity index (χ0) is 18.2. The second-order valence-electron chi connectivity index (χ2n) is 6.73. The van der Waals surface area contributed by atoms with Crippen molar-refractivity contribution < 1.29 is 9.53 Å². The molecule has 2 heterocycles. The number of rotatable bonds is 3. The fraction of sp³-hybridized carbons (Fsp3) is 0.130. The summed E-state index contributed by atoms with van der Waals surface area (Å²) < 4.78 is 5.96. The molecule has 0 N–H and O–H groups in total. The van der Waals surface area contributed by atoms with Crippen molar-refractivity contribution in [2.45, 2.75) is 12.5 Å². The lowest BCUT2D eigenvalue weighted by Crippen LogP contribution is -2.32. The van der Waals surface area contributed by atoms with Gasteiger partial charge in [-0.15, -0.1) is 0 Å². The van der Waals surface area contributed by atoms with Crippen LogP contribution >= 0.6 is 0 Å². The molecule has 4 heteroatoms. The van der Waals surface area contributed by atoms with Crippen molar-refractivity contribution in [3.8, 4) is 5.88 Å². The smallest absolute Gasteiger partial charge is 0.268 e. The fourth-order valence-electron chi connectivity index (χ4n) is 3.70. The van der Waals surface area contributed by atoms with Gasteiger partial charge in [0.05, 0.1) is 11.2 Å². The lowest BCUT2D eigenvalue weighted by atomic mass is 10.1. The van der Waals surface area contributed by atoms with Crippen molar-refractivity contribution in [1.82, 2.24) is 4.98 Å². The van der Waals surface area contributed by atoms with Crippen molar-refractivity contribution >= 4 is 33.3 Å². The number of nitrogens with zero attached hydrogens (tertiary/aromatic N) is 2. The first-order valence-electron chi connectivity index (χ1n) is 9.11. The first-order chi connectivity index (χ1) is 13.3. The van der Waals surface area contributed by atoms with Gasteiger partial charge in [0.2, 0.25) is 5.88 Å². The molecule has 1 aliphatic heterocycles. The quantitative estimate of drug-likeness (QED) is 0.541. The highest BCUT2D eigenvalue weighted by molar-refractivity contribution is 6.06. The van der Waals surface area contributed by atoms with E-state index in [0.29, 0.717) is 18.8 Å². The van der Waals surface area contributed by atoms with Crippen LogP contribution in [0.15, 0.2) is 78.9 Å². The molecule has 1 aliphatic rings. The molecule has 4 aromatic rings. The largest absolute Gasteiger partial charge is 0.464 e. The molecular weight excluding hydrogens is 336 g/mol. The highest BCUT2D eigenvalue weighted by Gasteiger charge is 2.35. The van der Waals surface area contributed by atoms with Gasteiger partial charge >= 0.3 is 0 Å². The summed E-state index contributed by atoms with van der Waals surface area (Å²) in [6, 6.07) is 25.9. The molecule has 1 unspecified atom stereocenters. The Balaban J connectivity index is 1.42. The van der Waals surface area contributed by atoms with Gasteiger partial charge in [0, 0.05) is 29.8 Å². The monoisotopic (exact) mass is 354 g/mol. The van der Waals surface area contributed by atoms with Crippen molar-refractivity contribution in [2.24, 2.45) is 0 Å². The number of carbonyl (C=O) groups excluding carboxylic acids is 1. The number of pyridine rings is 1. The first-order valence-corrected chi connectivity index (χ1v) is 9.11. The minimum absolute atomic E-state index is 0.0127. The highest BCUT2D eigenvalue weighted by atomic mass is 16.5. The van der Waals surface area contributed by atoms with Crippen LogP contribution in [-0.4, -0.2) is 23.5 Å². The molecule has 132 valence electrons. The van der Waals surface area contributed by atoms with Gasteiger partial charge in [0.25, 0.3) is 5.91 Å². The summed E-state index contributed by atoms with van der Waals surface area (Å²) in [5, 5.41) is 3.26. The molecule has 1 aromatic heterocycles. The van der Waals surface area contributed by atoms with Gasteiger partial charge in [-0.05, 0) is 23.6 Å². The van der Waals surface area contributed by atoms with Crippen LogP contribution in [0.2, 0.25) is 0 Å². The summed E-state index contributed by atoms with van der Waals surface area (Å²) in [7, 11) is 0. The summed E-state index contributed by atoms with van der Waals surface area (Å²) in [6.45, 7) is 0.644. The van der Waals surface area contributed by atoms with Crippen LogP contribution in [0.3, 0.4) is 0 Å². The average molecular weight is 354 g/mol. The third kappa shape index (κ3) is 2.79. The van der Waals surface area contributed by atoms with Gasteiger partial charge in [-0.3, -0.25) is 4.79 Å². The number of fused-ring (bicyclic) bond motifs is 2. The number of amides is 1. The Morgan fingerprint density at radius 3 is 2.56 bits per heavy atom. The fourth-order valence-corrected chi connectivity index (χ4v) is 3.70. The van der Waals surface area contributed by atoms with E-state index in [1.54, 1.807) is 0 Å². The summed E-state index contributed by atoms with van der Waals surface area (Å²) >= 11 is 0. The molecule has 0 spiro atoms. The Kier molecular flexibility index (Phi) is 3.75. The number of aromatic nitrogens is 1. The lowest BCUT2D eigenvalue weighted by molar-refractivity contribution is -0.123. The SMILES string of the molecule is O=C1C(Oc2ccc3ccccc3n2)CCN1c1cccc2ccccc12. The van der Waals surface area contributed by atoms with E-state index in [4.69, 9.17) is 4.74 Å². The van der Waals surface area contributed by atoms with Crippen LogP contribution in [0.4, 0.5) is 5.69 Å². The molecule has 1 fully saturated rings. The molecule has 4 nitrogen and oxygen atoms in total. The molecule has 1 atom stereocenters. The van der Waals surface area contributed by atoms with Gasteiger partial charge in [-0.2, -0.15) is 0 Å². The third-order valence-electron chi connectivity index (χ3n) is 5.05. The second kappa shape index (κ2) is 6.40. The summed E-state index contributed by atoms with van der Waals surface area (Å²) in [5.74, 6) is 0.480. The maximum atomic E-state index is 13.0. The predicted octanol–water partition coefficient (Wildman–Crippen LogP) is 4.57. The molecule has 0 aliphatic carbocycles. The van der Waals surface area contributed by atoms with Gasteiger partial charge in [-0.1, -0.05) is 54.6 Å². The molecule has 3 aromatic carbocycles. The molecule has 0 saturated carbocycles. The van der Waals surface area contributed by atoms with Gasteiger partial charge < -0.3 is 9.64 Å². The highest BCUT2D eigenvalue weighted by Crippen LogP contribution is 2.31. The normalized spacial score (nSPS) is 17.0.